The summed E-state index contributed by atoms with van der Waals surface area (Å²) >= 11 is 0. The third kappa shape index (κ3) is 4.54. The van der Waals surface area contributed by atoms with E-state index in [2.05, 4.69) is 0 Å². The lowest BCUT2D eigenvalue weighted by atomic mass is 10.0. The van der Waals surface area contributed by atoms with Gasteiger partial charge in [0, 0.05) is 27.8 Å². The smallest absolute Gasteiger partial charge is 0.323 e. The molecule has 1 aliphatic rings. The Morgan fingerprint density at radius 1 is 1.24 bits per heavy atom. The Kier molecular flexibility index (Phi) is 5.43. The maximum absolute atomic E-state index is 12.7. The molecule has 0 bridgehead atoms. The van der Waals surface area contributed by atoms with E-state index in [1.807, 2.05) is 0 Å². The van der Waals surface area contributed by atoms with Crippen molar-refractivity contribution in [2.75, 3.05) is 5.75 Å². The first-order valence-electron chi connectivity index (χ1n) is 7.18. The van der Waals surface area contributed by atoms with Crippen molar-refractivity contribution in [3.05, 3.63) is 35.4 Å². The fraction of sp³-hybridized carbons (Fsp3) is 0.600. The van der Waals surface area contributed by atoms with Gasteiger partial charge in [-0.2, -0.15) is 13.2 Å². The predicted molar refractivity (Wildman–Crippen MR) is 78.3 cm³/mol. The first kappa shape index (κ1) is 16.5. The molecule has 1 aliphatic carbocycles. The number of alkyl halides is 3. The van der Waals surface area contributed by atoms with Crippen LogP contribution in [-0.4, -0.2) is 15.2 Å². The Labute approximate surface area is 125 Å². The molecule has 1 aromatic carbocycles. The number of rotatable bonds is 4. The maximum Gasteiger partial charge on any atom is 0.416 e. The zero-order valence-corrected chi connectivity index (χ0v) is 12.6. The fourth-order valence-corrected chi connectivity index (χ4v) is 4.36. The summed E-state index contributed by atoms with van der Waals surface area (Å²) in [7, 11) is -1.07. The number of benzene rings is 1. The SMILES string of the molecule is NC(CS(=O)C1CCCCC1)c1cccc(C(F)(F)F)c1. The largest absolute Gasteiger partial charge is 0.416 e. The summed E-state index contributed by atoms with van der Waals surface area (Å²) in [4.78, 5) is 0. The molecule has 1 aromatic rings. The van der Waals surface area contributed by atoms with Gasteiger partial charge in [-0.3, -0.25) is 4.21 Å². The highest BCUT2D eigenvalue weighted by Gasteiger charge is 2.31. The molecule has 21 heavy (non-hydrogen) atoms. The Balaban J connectivity index is 2.02. The van der Waals surface area contributed by atoms with Gasteiger partial charge >= 0.3 is 6.18 Å². The van der Waals surface area contributed by atoms with Gasteiger partial charge in [0.05, 0.1) is 5.56 Å². The second-order valence-electron chi connectivity index (χ2n) is 5.54. The van der Waals surface area contributed by atoms with Crippen molar-refractivity contribution >= 4 is 10.8 Å². The van der Waals surface area contributed by atoms with Crippen LogP contribution in [0.5, 0.6) is 0 Å². The van der Waals surface area contributed by atoms with E-state index in [-0.39, 0.29) is 11.0 Å². The van der Waals surface area contributed by atoms with Gasteiger partial charge in [-0.05, 0) is 30.5 Å². The number of hydrogen-bond acceptors (Lipinski definition) is 2. The normalized spacial score (nSPS) is 20.2. The summed E-state index contributed by atoms with van der Waals surface area (Å²) in [5.74, 6) is 0.228. The van der Waals surface area contributed by atoms with Gasteiger partial charge in [-0.15, -0.1) is 0 Å². The fourth-order valence-electron chi connectivity index (χ4n) is 2.68. The van der Waals surface area contributed by atoms with Crippen molar-refractivity contribution in [2.24, 2.45) is 5.73 Å². The number of halogens is 3. The van der Waals surface area contributed by atoms with E-state index in [1.165, 1.54) is 12.5 Å². The van der Waals surface area contributed by atoms with Crippen molar-refractivity contribution in [3.8, 4) is 0 Å². The van der Waals surface area contributed by atoms with E-state index in [1.54, 1.807) is 6.07 Å². The van der Waals surface area contributed by atoms with Gasteiger partial charge in [-0.1, -0.05) is 31.4 Å². The van der Waals surface area contributed by atoms with Gasteiger partial charge in [0.25, 0.3) is 0 Å². The van der Waals surface area contributed by atoms with Gasteiger partial charge in [0.15, 0.2) is 0 Å². The van der Waals surface area contributed by atoms with Crippen molar-refractivity contribution in [2.45, 2.75) is 49.6 Å². The summed E-state index contributed by atoms with van der Waals surface area (Å²) < 4.78 is 50.3. The molecular formula is C15H20F3NOS. The highest BCUT2D eigenvalue weighted by Crippen LogP contribution is 2.31. The summed E-state index contributed by atoms with van der Waals surface area (Å²) in [5, 5.41) is 0.149. The van der Waals surface area contributed by atoms with Crippen molar-refractivity contribution in [1.29, 1.82) is 0 Å². The molecule has 1 saturated carbocycles. The van der Waals surface area contributed by atoms with Crippen LogP contribution in [0.2, 0.25) is 0 Å². The molecule has 0 heterocycles. The highest BCUT2D eigenvalue weighted by molar-refractivity contribution is 7.85. The lowest BCUT2D eigenvalue weighted by Gasteiger charge is -2.23. The standard InChI is InChI=1S/C15H20F3NOS/c16-15(17,18)12-6-4-5-11(9-12)14(19)10-21(20)13-7-2-1-3-8-13/h4-6,9,13-14H,1-3,7-8,10,19H2. The van der Waals surface area contributed by atoms with Crippen molar-refractivity contribution in [1.82, 2.24) is 0 Å². The quantitative estimate of drug-likeness (QED) is 0.917. The van der Waals surface area contributed by atoms with Gasteiger partial charge < -0.3 is 5.73 Å². The Hall–Kier alpha value is -0.880. The van der Waals surface area contributed by atoms with Crippen molar-refractivity contribution < 1.29 is 17.4 Å². The van der Waals surface area contributed by atoms with Crippen LogP contribution < -0.4 is 5.73 Å². The van der Waals surface area contributed by atoms with Crippen LogP contribution in [-0.2, 0) is 17.0 Å². The van der Waals surface area contributed by atoms with Crippen LogP contribution >= 0.6 is 0 Å². The predicted octanol–water partition coefficient (Wildman–Crippen LogP) is 3.79. The third-order valence-corrected chi connectivity index (χ3v) is 5.81. The monoisotopic (exact) mass is 319 g/mol. The molecule has 2 unspecified atom stereocenters. The first-order valence-corrected chi connectivity index (χ1v) is 8.56. The molecule has 6 heteroatoms. The molecule has 0 aromatic heterocycles. The Bertz CT molecular complexity index is 498. The van der Waals surface area contributed by atoms with Crippen LogP contribution in [0.3, 0.4) is 0 Å². The molecule has 0 aliphatic heterocycles. The molecule has 0 saturated heterocycles. The minimum absolute atomic E-state index is 0.149. The second kappa shape index (κ2) is 6.92. The molecule has 1 fully saturated rings. The molecular weight excluding hydrogens is 299 g/mol. The molecule has 2 rings (SSSR count). The van der Waals surface area contributed by atoms with Crippen LogP contribution in [0.1, 0.15) is 49.3 Å². The average molecular weight is 319 g/mol. The Morgan fingerprint density at radius 3 is 2.52 bits per heavy atom. The van der Waals surface area contributed by atoms with Crippen molar-refractivity contribution in [3.63, 3.8) is 0 Å². The first-order chi connectivity index (χ1) is 9.88. The van der Waals surface area contributed by atoms with E-state index in [0.717, 1.165) is 37.8 Å². The van der Waals surface area contributed by atoms with E-state index >= 15 is 0 Å². The van der Waals surface area contributed by atoms with Crippen LogP contribution in [0.4, 0.5) is 13.2 Å². The molecule has 2 atom stereocenters. The van der Waals surface area contributed by atoms with E-state index < -0.39 is 28.6 Å². The van der Waals surface area contributed by atoms with Gasteiger partial charge in [0.1, 0.15) is 0 Å². The summed E-state index contributed by atoms with van der Waals surface area (Å²) in [6.45, 7) is 0. The summed E-state index contributed by atoms with van der Waals surface area (Å²) in [5.41, 5.74) is 5.64. The molecule has 2 N–H and O–H groups in total. The Morgan fingerprint density at radius 2 is 1.90 bits per heavy atom. The maximum atomic E-state index is 12.7. The lowest BCUT2D eigenvalue weighted by Crippen LogP contribution is -2.27. The van der Waals surface area contributed by atoms with E-state index in [9.17, 15) is 17.4 Å². The summed E-state index contributed by atoms with van der Waals surface area (Å²) in [6.07, 6.45) is 0.819. The highest BCUT2D eigenvalue weighted by atomic mass is 32.2. The third-order valence-electron chi connectivity index (χ3n) is 3.91. The topological polar surface area (TPSA) is 43.1 Å². The molecule has 0 amide bonds. The van der Waals surface area contributed by atoms with E-state index in [4.69, 9.17) is 5.73 Å². The van der Waals surface area contributed by atoms with Crippen LogP contribution in [0, 0.1) is 0 Å². The zero-order valence-electron chi connectivity index (χ0n) is 11.7. The van der Waals surface area contributed by atoms with E-state index in [0.29, 0.717) is 5.56 Å². The number of hydrogen-bond donors (Lipinski definition) is 1. The molecule has 2 nitrogen and oxygen atoms in total. The number of nitrogens with two attached hydrogens (primary N) is 1. The molecule has 0 spiro atoms. The molecule has 118 valence electrons. The summed E-state index contributed by atoms with van der Waals surface area (Å²) in [6, 6.07) is 4.38. The second-order valence-corrected chi connectivity index (χ2v) is 7.30. The van der Waals surface area contributed by atoms with Gasteiger partial charge in [-0.25, -0.2) is 0 Å². The minimum atomic E-state index is -4.38. The lowest BCUT2D eigenvalue weighted by molar-refractivity contribution is -0.137. The molecule has 0 radical (unpaired) electrons. The van der Waals surface area contributed by atoms with Gasteiger partial charge in [0.2, 0.25) is 0 Å². The zero-order chi connectivity index (χ0) is 15.5. The average Bonchev–Trinajstić information content (AvgIpc) is 2.47. The van der Waals surface area contributed by atoms with Crippen LogP contribution in [0.15, 0.2) is 24.3 Å². The minimum Gasteiger partial charge on any atom is -0.323 e. The van der Waals surface area contributed by atoms with Crippen LogP contribution in [0.25, 0.3) is 0 Å².